The van der Waals surface area contributed by atoms with Gasteiger partial charge in [-0.3, -0.25) is 13.7 Å². The molecule has 7 unspecified atom stereocenters. The van der Waals surface area contributed by atoms with Crippen LogP contribution >= 0.6 is 23.5 Å². The highest BCUT2D eigenvalue weighted by molar-refractivity contribution is 7.46. The van der Waals surface area contributed by atoms with Crippen molar-refractivity contribution in [2.24, 2.45) is 0 Å². The molecule has 3 N–H and O–H groups in total. The zero-order valence-corrected chi connectivity index (χ0v) is 67.1. The van der Waals surface area contributed by atoms with Gasteiger partial charge < -0.3 is 135 Å². The zero-order valence-electron chi connectivity index (χ0n) is 58.5. The van der Waals surface area contributed by atoms with Gasteiger partial charge in [0.2, 0.25) is 16.6 Å². The fourth-order valence-corrected chi connectivity index (χ4v) is 34.2. The van der Waals surface area contributed by atoms with E-state index in [0.29, 0.717) is 32.8 Å². The average Bonchev–Trinajstić information content (AvgIpc) is 1.02. The lowest BCUT2D eigenvalue weighted by Gasteiger charge is -2.41. The van der Waals surface area contributed by atoms with E-state index >= 15 is 0 Å². The van der Waals surface area contributed by atoms with Gasteiger partial charge in [-0.05, 0) is 145 Å². The van der Waals surface area contributed by atoms with Gasteiger partial charge in [-0.25, -0.2) is 0 Å². The Labute approximate surface area is 555 Å². The number of aliphatic hydroxyl groups is 3. The maximum Gasteiger partial charge on any atom is 0.322 e. The highest BCUT2D eigenvalue weighted by Gasteiger charge is 2.44. The van der Waals surface area contributed by atoms with E-state index in [0.717, 1.165) is 71.7 Å². The van der Waals surface area contributed by atoms with Gasteiger partial charge in [0.05, 0.1) is 85.1 Å². The molecule has 0 bridgehead atoms. The molecule has 0 aromatic carbocycles. The number of unbranched alkanes of at least 4 members (excludes halogenated alkanes) is 2. The molecule has 41 heteroatoms. The molecular formula is C51H119N3O29P3Si6-3. The number of phosphoric acid groups is 3. The summed E-state index contributed by atoms with van der Waals surface area (Å²) in [5, 5.41) is 28.8. The van der Waals surface area contributed by atoms with Gasteiger partial charge >= 0.3 is 34.2 Å². The highest BCUT2D eigenvalue weighted by atomic mass is 31.2. The van der Waals surface area contributed by atoms with Crippen molar-refractivity contribution in [3.63, 3.8) is 0 Å². The summed E-state index contributed by atoms with van der Waals surface area (Å²) >= 11 is 0. The minimum Gasteiger partial charge on any atom is -0.756 e. The van der Waals surface area contributed by atoms with Crippen molar-refractivity contribution in [2.45, 2.75) is 150 Å². The van der Waals surface area contributed by atoms with Crippen LogP contribution < -0.4 is 14.7 Å². The number of aliphatic hydroxyl groups excluding tert-OH is 3. The summed E-state index contributed by atoms with van der Waals surface area (Å²) in [5.74, 6) is 0. The predicted molar refractivity (Wildman–Crippen MR) is 352 cm³/mol. The van der Waals surface area contributed by atoms with Crippen molar-refractivity contribution in [2.75, 3.05) is 185 Å². The SMILES string of the molecule is CCN(C)CCOP(=O)([O-])OCCO.CCN(C)CCOP(=O)([O-])OCCOCC(O)OC[Si](C)(C)O[Si](C)(C)O[Si](C)(C)O[Si](C)(C)COC(O)COCCOP(=O)([O-])OCCN(C)CC.C[Si](C)(OCCCCOC1CO1)O[Si](C)(C)OCCCCOC1CO1. The Hall–Kier alpha value is 0.831. The largest absolute Gasteiger partial charge is 0.756 e. The predicted octanol–water partition coefficient (Wildman–Crippen LogP) is 3.72. The number of hydrogen-bond acceptors (Lipinski definition) is 32. The molecule has 2 rings (SSSR count). The summed E-state index contributed by atoms with van der Waals surface area (Å²) in [6, 6.07) is 0. The van der Waals surface area contributed by atoms with E-state index in [9.17, 15) is 38.6 Å². The summed E-state index contributed by atoms with van der Waals surface area (Å²) in [6.45, 7) is 36.1. The molecular weight excluding hydrogens is 1380 g/mol. The molecule has 0 aliphatic carbocycles. The standard InChI is InChI=1S/C28H70N2O17P2Si4.C16H34O7Si2.C7H18NO5P/c1-13-29(3)15-17-41-48(33,34)43-21-19-37-23-27(31)39-25-50(5,6)45-52(9,10)47-53(11,12)46-51(7,8)26-40-28(32)24-38-20-22-44-49(35,36)42-18-16-30(4)14-2;1-24(2,21-11-7-5-9-17-15-13-19-15)23-25(3,4)22-12-8-6-10-18-16-14-20-16;1-3-8(2)4-6-12-14(10,11)13-7-5-9/h27-28,31-32H,13-26H2,1-12H3,(H,33,34)(H,35,36);15-16H,5-14H2,1-4H3;9H,3-7H2,1-2H3,(H,10,11)/p-3. The second kappa shape index (κ2) is 48.6. The van der Waals surface area contributed by atoms with E-state index in [-0.39, 0.29) is 97.7 Å². The van der Waals surface area contributed by atoms with Crippen molar-refractivity contribution in [3.05, 3.63) is 0 Å². The molecule has 0 amide bonds. The van der Waals surface area contributed by atoms with Crippen LogP contribution in [0.15, 0.2) is 0 Å². The second-order valence-corrected chi connectivity index (χ2v) is 51.2. The maximum atomic E-state index is 11.8. The van der Waals surface area contributed by atoms with Crippen LogP contribution in [0.3, 0.4) is 0 Å². The average molecular weight is 1500 g/mol. The Morgan fingerprint density at radius 1 is 0.446 bits per heavy atom. The Balaban J connectivity index is 0.00000172. The number of ether oxygens (including phenoxy) is 8. The molecule has 92 heavy (non-hydrogen) atoms. The molecule has 2 aliphatic rings. The van der Waals surface area contributed by atoms with Gasteiger partial charge in [-0.2, -0.15) is 0 Å². The molecule has 554 valence electrons. The van der Waals surface area contributed by atoms with E-state index in [4.69, 9.17) is 86.4 Å². The van der Waals surface area contributed by atoms with Gasteiger partial charge in [-0.1, -0.05) is 20.8 Å². The first kappa shape index (κ1) is 92.8. The minimum absolute atomic E-state index is 0.0126. The molecule has 2 aliphatic heterocycles. The van der Waals surface area contributed by atoms with Gasteiger partial charge in [0.15, 0.2) is 25.2 Å². The van der Waals surface area contributed by atoms with E-state index in [1.165, 1.54) is 0 Å². The first-order valence-electron chi connectivity index (χ1n) is 31.4. The molecule has 7 atom stereocenters. The Kier molecular flexibility index (Phi) is 49.1. The van der Waals surface area contributed by atoms with Crippen LogP contribution in [0, 0.1) is 0 Å². The van der Waals surface area contributed by atoms with Gasteiger partial charge in [0.1, 0.15) is 13.2 Å². The van der Waals surface area contributed by atoms with Crippen LogP contribution in [-0.2, 0) is 104 Å². The van der Waals surface area contributed by atoms with Crippen molar-refractivity contribution in [1.29, 1.82) is 0 Å². The lowest BCUT2D eigenvalue weighted by molar-refractivity contribution is -0.228. The van der Waals surface area contributed by atoms with Crippen LogP contribution in [-0.4, -0.2) is 291 Å². The Morgan fingerprint density at radius 2 is 0.739 bits per heavy atom. The van der Waals surface area contributed by atoms with Crippen molar-refractivity contribution in [1.82, 2.24) is 14.7 Å². The molecule has 0 aromatic heterocycles. The molecule has 2 heterocycles. The fraction of sp³-hybridized carbons (Fsp3) is 1.00. The third-order valence-corrected chi connectivity index (χ3v) is 34.8. The van der Waals surface area contributed by atoms with Gasteiger partial charge in [0.25, 0.3) is 23.5 Å². The maximum absolute atomic E-state index is 11.8. The first-order valence-corrected chi connectivity index (χ1v) is 53.3. The van der Waals surface area contributed by atoms with Crippen LogP contribution in [0.1, 0.15) is 46.5 Å². The normalized spacial score (nSPS) is 18.4. The summed E-state index contributed by atoms with van der Waals surface area (Å²) in [4.78, 5) is 40.3. The molecule has 2 fully saturated rings. The number of nitrogens with zero attached hydrogens (tertiary/aromatic N) is 3. The van der Waals surface area contributed by atoms with Gasteiger partial charge in [0, 0.05) is 46.1 Å². The van der Waals surface area contributed by atoms with Crippen LogP contribution in [0.2, 0.25) is 78.6 Å². The number of rotatable bonds is 58. The summed E-state index contributed by atoms with van der Waals surface area (Å²) in [5.41, 5.74) is 0. The molecule has 0 radical (unpaired) electrons. The van der Waals surface area contributed by atoms with Crippen LogP contribution in [0.4, 0.5) is 0 Å². The van der Waals surface area contributed by atoms with Crippen LogP contribution in [0.5, 0.6) is 0 Å². The number of phosphoric ester groups is 3. The monoisotopic (exact) mass is 1500 g/mol. The molecule has 0 aromatic rings. The summed E-state index contributed by atoms with van der Waals surface area (Å²) in [7, 11) is -22.4. The smallest absolute Gasteiger partial charge is 0.322 e. The minimum atomic E-state index is -4.44. The van der Waals surface area contributed by atoms with E-state index < -0.39 is 86.9 Å². The quantitative estimate of drug-likeness (QED) is 0.0257. The number of epoxide rings is 2. The third-order valence-electron chi connectivity index (χ3n) is 12.1. The lowest BCUT2D eigenvalue weighted by Crippen LogP contribution is -2.58. The Bertz CT molecular complexity index is 1910. The molecule has 0 saturated carbocycles. The molecule has 0 spiro atoms. The second-order valence-electron chi connectivity index (χ2n) is 24.3. The fourth-order valence-electron chi connectivity index (χ4n) is 7.56. The Morgan fingerprint density at radius 3 is 1.04 bits per heavy atom. The van der Waals surface area contributed by atoms with Crippen LogP contribution in [0.25, 0.3) is 0 Å². The third kappa shape index (κ3) is 57.6. The van der Waals surface area contributed by atoms with Crippen molar-refractivity contribution in [3.8, 4) is 0 Å². The van der Waals surface area contributed by atoms with Gasteiger partial charge in [-0.15, -0.1) is 0 Å². The number of likely N-dealkylation sites (N-methyl/N-ethyl adjacent to an activating group) is 3. The van der Waals surface area contributed by atoms with E-state index in [1.807, 2.05) is 109 Å². The first-order chi connectivity index (χ1) is 42.6. The molecule has 32 nitrogen and oxygen atoms in total. The van der Waals surface area contributed by atoms with E-state index in [1.54, 1.807) is 0 Å². The highest BCUT2D eigenvalue weighted by Crippen LogP contribution is 2.39. The number of hydrogen-bond donors (Lipinski definition) is 3. The topological polar surface area (TPSA) is 382 Å². The van der Waals surface area contributed by atoms with E-state index in [2.05, 4.69) is 35.2 Å². The zero-order chi connectivity index (χ0) is 70.2. The summed E-state index contributed by atoms with van der Waals surface area (Å²) < 4.78 is 143. The summed E-state index contributed by atoms with van der Waals surface area (Å²) in [6.07, 6.45) is 1.78. The van der Waals surface area contributed by atoms with Crippen molar-refractivity contribution >= 4 is 74.3 Å². The molecule has 2 saturated heterocycles. The van der Waals surface area contributed by atoms with Crippen molar-refractivity contribution < 1.29 is 134 Å². The lowest BCUT2D eigenvalue weighted by atomic mass is 10.3.